The standard InChI is InChI=1S/C10H14ClFN2O/c1-3-15-7(2)5-13-10-9(12)4-8(11)6-14-10/h4,6-7H,3,5H2,1-2H3,(H,13,14). The van der Waals surface area contributed by atoms with Crippen LogP contribution in [0.25, 0.3) is 0 Å². The largest absolute Gasteiger partial charge is 0.377 e. The van der Waals surface area contributed by atoms with Crippen molar-refractivity contribution in [3.63, 3.8) is 0 Å². The lowest BCUT2D eigenvalue weighted by Gasteiger charge is -2.13. The molecule has 84 valence electrons. The van der Waals surface area contributed by atoms with Gasteiger partial charge in [-0.3, -0.25) is 0 Å². The van der Waals surface area contributed by atoms with Gasteiger partial charge in [-0.15, -0.1) is 0 Å². The number of anilines is 1. The van der Waals surface area contributed by atoms with Crippen molar-refractivity contribution in [2.75, 3.05) is 18.5 Å². The van der Waals surface area contributed by atoms with Crippen molar-refractivity contribution in [3.05, 3.63) is 23.1 Å². The molecule has 0 fully saturated rings. The highest BCUT2D eigenvalue weighted by atomic mass is 35.5. The van der Waals surface area contributed by atoms with Gasteiger partial charge in [0.25, 0.3) is 0 Å². The Balaban J connectivity index is 2.50. The number of pyridine rings is 1. The zero-order valence-electron chi connectivity index (χ0n) is 8.76. The van der Waals surface area contributed by atoms with Crippen LogP contribution in [0, 0.1) is 5.82 Å². The first kappa shape index (κ1) is 12.2. The van der Waals surface area contributed by atoms with E-state index in [-0.39, 0.29) is 16.9 Å². The van der Waals surface area contributed by atoms with Crippen molar-refractivity contribution in [1.82, 2.24) is 4.98 Å². The highest BCUT2D eigenvalue weighted by Crippen LogP contribution is 2.15. The molecule has 0 amide bonds. The molecule has 0 saturated carbocycles. The first-order chi connectivity index (χ1) is 7.13. The summed E-state index contributed by atoms with van der Waals surface area (Å²) in [5.41, 5.74) is 0. The Labute approximate surface area is 93.6 Å². The average Bonchev–Trinajstić information content (AvgIpc) is 2.17. The lowest BCUT2D eigenvalue weighted by atomic mass is 10.4. The van der Waals surface area contributed by atoms with Crippen LogP contribution in [-0.4, -0.2) is 24.2 Å². The van der Waals surface area contributed by atoms with Crippen LogP contribution in [-0.2, 0) is 4.74 Å². The topological polar surface area (TPSA) is 34.1 Å². The summed E-state index contributed by atoms with van der Waals surface area (Å²) in [5.74, 6) is -0.253. The molecule has 0 aliphatic heterocycles. The van der Waals surface area contributed by atoms with E-state index in [0.717, 1.165) is 0 Å². The molecule has 0 aromatic carbocycles. The van der Waals surface area contributed by atoms with Crippen LogP contribution in [0.4, 0.5) is 10.2 Å². The number of ether oxygens (including phenoxy) is 1. The van der Waals surface area contributed by atoms with E-state index in [4.69, 9.17) is 16.3 Å². The van der Waals surface area contributed by atoms with Crippen molar-refractivity contribution in [2.24, 2.45) is 0 Å². The van der Waals surface area contributed by atoms with Gasteiger partial charge in [-0.05, 0) is 19.9 Å². The molecule has 0 saturated heterocycles. The highest BCUT2D eigenvalue weighted by Gasteiger charge is 2.06. The summed E-state index contributed by atoms with van der Waals surface area (Å²) in [6.07, 6.45) is 1.42. The van der Waals surface area contributed by atoms with Gasteiger partial charge in [0.1, 0.15) is 0 Å². The van der Waals surface area contributed by atoms with Crippen LogP contribution in [0.2, 0.25) is 5.02 Å². The molecule has 1 atom stereocenters. The quantitative estimate of drug-likeness (QED) is 0.848. The summed E-state index contributed by atoms with van der Waals surface area (Å²) in [4.78, 5) is 3.84. The van der Waals surface area contributed by atoms with E-state index in [0.29, 0.717) is 13.2 Å². The lowest BCUT2D eigenvalue weighted by molar-refractivity contribution is 0.0854. The molecule has 3 nitrogen and oxygen atoms in total. The number of rotatable bonds is 5. The number of hydrogen-bond acceptors (Lipinski definition) is 3. The molecule has 15 heavy (non-hydrogen) atoms. The number of nitrogens with zero attached hydrogens (tertiary/aromatic N) is 1. The summed E-state index contributed by atoms with van der Waals surface area (Å²) in [7, 11) is 0. The van der Waals surface area contributed by atoms with Gasteiger partial charge in [-0.1, -0.05) is 11.6 Å². The van der Waals surface area contributed by atoms with E-state index < -0.39 is 5.82 Å². The number of aromatic nitrogens is 1. The van der Waals surface area contributed by atoms with Gasteiger partial charge in [-0.2, -0.15) is 0 Å². The van der Waals surface area contributed by atoms with Crippen LogP contribution >= 0.6 is 11.6 Å². The fourth-order valence-corrected chi connectivity index (χ4v) is 1.27. The first-order valence-corrected chi connectivity index (χ1v) is 5.17. The third-order valence-electron chi connectivity index (χ3n) is 1.82. The molecule has 1 N–H and O–H groups in total. The lowest BCUT2D eigenvalue weighted by Crippen LogP contribution is -2.20. The van der Waals surface area contributed by atoms with E-state index in [1.54, 1.807) is 0 Å². The van der Waals surface area contributed by atoms with Crippen molar-refractivity contribution >= 4 is 17.4 Å². The molecular weight excluding hydrogens is 219 g/mol. The molecule has 0 aliphatic carbocycles. The minimum atomic E-state index is -0.453. The van der Waals surface area contributed by atoms with Gasteiger partial charge < -0.3 is 10.1 Å². The molecule has 0 spiro atoms. The van der Waals surface area contributed by atoms with Crippen LogP contribution in [0.15, 0.2) is 12.3 Å². The van der Waals surface area contributed by atoms with Gasteiger partial charge in [-0.25, -0.2) is 9.37 Å². The zero-order chi connectivity index (χ0) is 11.3. The smallest absolute Gasteiger partial charge is 0.166 e. The van der Waals surface area contributed by atoms with Crippen molar-refractivity contribution in [1.29, 1.82) is 0 Å². The fourth-order valence-electron chi connectivity index (χ4n) is 1.13. The summed E-state index contributed by atoms with van der Waals surface area (Å²) >= 11 is 5.57. The predicted molar refractivity (Wildman–Crippen MR) is 58.8 cm³/mol. The third kappa shape index (κ3) is 4.01. The molecule has 1 aromatic heterocycles. The second-order valence-corrected chi connectivity index (χ2v) is 3.57. The molecular formula is C10H14ClFN2O. The minimum absolute atomic E-state index is 0.0203. The average molecular weight is 233 g/mol. The second kappa shape index (κ2) is 5.88. The molecule has 5 heteroatoms. The van der Waals surface area contributed by atoms with E-state index in [9.17, 15) is 4.39 Å². The predicted octanol–water partition coefficient (Wildman–Crippen LogP) is 2.71. The molecule has 0 radical (unpaired) electrons. The van der Waals surface area contributed by atoms with Crippen molar-refractivity contribution < 1.29 is 9.13 Å². The SMILES string of the molecule is CCOC(C)CNc1ncc(Cl)cc1F. The second-order valence-electron chi connectivity index (χ2n) is 3.13. The van der Waals surface area contributed by atoms with Crippen LogP contribution in [0.1, 0.15) is 13.8 Å². The number of halogens is 2. The number of nitrogens with one attached hydrogen (secondary N) is 1. The van der Waals surface area contributed by atoms with Gasteiger partial charge in [0.2, 0.25) is 0 Å². The van der Waals surface area contributed by atoms with Gasteiger partial charge in [0.15, 0.2) is 11.6 Å². The molecule has 1 heterocycles. The Morgan fingerprint density at radius 3 is 3.00 bits per heavy atom. The number of hydrogen-bond donors (Lipinski definition) is 1. The van der Waals surface area contributed by atoms with Gasteiger partial charge in [0, 0.05) is 19.3 Å². The summed E-state index contributed by atoms with van der Waals surface area (Å²) < 4.78 is 18.5. The van der Waals surface area contributed by atoms with Crippen LogP contribution < -0.4 is 5.32 Å². The van der Waals surface area contributed by atoms with Crippen LogP contribution in [0.3, 0.4) is 0 Å². The Morgan fingerprint density at radius 2 is 2.40 bits per heavy atom. The molecule has 0 bridgehead atoms. The Hall–Kier alpha value is -0.870. The van der Waals surface area contributed by atoms with E-state index in [2.05, 4.69) is 10.3 Å². The normalized spacial score (nSPS) is 12.5. The van der Waals surface area contributed by atoms with E-state index in [1.165, 1.54) is 12.3 Å². The summed E-state index contributed by atoms with van der Waals surface area (Å²) in [5, 5.41) is 3.14. The monoisotopic (exact) mass is 232 g/mol. The Morgan fingerprint density at radius 1 is 1.67 bits per heavy atom. The Bertz CT molecular complexity index is 322. The van der Waals surface area contributed by atoms with Gasteiger partial charge in [0.05, 0.1) is 11.1 Å². The molecule has 1 aromatic rings. The maximum atomic E-state index is 13.2. The molecule has 1 rings (SSSR count). The van der Waals surface area contributed by atoms with Gasteiger partial charge >= 0.3 is 0 Å². The Kier molecular flexibility index (Phi) is 4.78. The van der Waals surface area contributed by atoms with Crippen molar-refractivity contribution in [2.45, 2.75) is 20.0 Å². The van der Waals surface area contributed by atoms with Crippen molar-refractivity contribution in [3.8, 4) is 0 Å². The third-order valence-corrected chi connectivity index (χ3v) is 2.02. The maximum absolute atomic E-state index is 13.2. The summed E-state index contributed by atoms with van der Waals surface area (Å²) in [6.45, 7) is 4.97. The minimum Gasteiger partial charge on any atom is -0.377 e. The highest BCUT2D eigenvalue weighted by molar-refractivity contribution is 6.30. The maximum Gasteiger partial charge on any atom is 0.166 e. The first-order valence-electron chi connectivity index (χ1n) is 4.80. The summed E-state index contributed by atoms with van der Waals surface area (Å²) in [6, 6.07) is 1.22. The van der Waals surface area contributed by atoms with E-state index in [1.807, 2.05) is 13.8 Å². The molecule has 0 aliphatic rings. The van der Waals surface area contributed by atoms with E-state index >= 15 is 0 Å². The zero-order valence-corrected chi connectivity index (χ0v) is 9.51. The molecule has 1 unspecified atom stereocenters. The van der Waals surface area contributed by atoms with Crippen LogP contribution in [0.5, 0.6) is 0 Å². The fraction of sp³-hybridized carbons (Fsp3) is 0.500.